The maximum atomic E-state index is 11.1. The summed E-state index contributed by atoms with van der Waals surface area (Å²) in [6, 6.07) is -0.244. The number of rotatable bonds is 7. The fourth-order valence-corrected chi connectivity index (χ4v) is 1.90. The molecule has 0 unspecified atom stereocenters. The van der Waals surface area contributed by atoms with E-state index in [2.05, 4.69) is 9.44 Å². The second-order valence-electron chi connectivity index (χ2n) is 3.31. The van der Waals surface area contributed by atoms with Gasteiger partial charge in [-0.05, 0) is 20.3 Å². The van der Waals surface area contributed by atoms with E-state index in [1.807, 2.05) is 0 Å². The van der Waals surface area contributed by atoms with E-state index >= 15 is 0 Å². The van der Waals surface area contributed by atoms with Gasteiger partial charge in [0.2, 0.25) is 0 Å². The van der Waals surface area contributed by atoms with E-state index in [1.54, 1.807) is 13.8 Å². The van der Waals surface area contributed by atoms with E-state index in [-0.39, 0.29) is 19.0 Å². The highest BCUT2D eigenvalue weighted by atomic mass is 32.2. The Balaban J connectivity index is 3.91. The molecular formula is C7H16N2O5S. The average Bonchev–Trinajstić information content (AvgIpc) is 2.00. The zero-order chi connectivity index (χ0) is 12.1. The van der Waals surface area contributed by atoms with Gasteiger partial charge in [-0.2, -0.15) is 13.1 Å². The SMILES string of the molecule is CC(C)NS(=O)(=O)NCC[C@H](O)C(=O)O. The van der Waals surface area contributed by atoms with Gasteiger partial charge in [0.1, 0.15) is 0 Å². The number of carboxylic acid groups (broad SMARTS) is 1. The first-order valence-corrected chi connectivity index (χ1v) is 5.90. The summed E-state index contributed by atoms with van der Waals surface area (Å²) < 4.78 is 26.7. The normalized spacial score (nSPS) is 14.1. The largest absolute Gasteiger partial charge is 0.479 e. The van der Waals surface area contributed by atoms with E-state index in [0.717, 1.165) is 0 Å². The van der Waals surface area contributed by atoms with Crippen molar-refractivity contribution in [3.05, 3.63) is 0 Å². The molecular weight excluding hydrogens is 224 g/mol. The molecule has 7 nitrogen and oxygen atoms in total. The molecule has 0 saturated heterocycles. The van der Waals surface area contributed by atoms with Crippen molar-refractivity contribution in [1.29, 1.82) is 0 Å². The Morgan fingerprint density at radius 1 is 1.40 bits per heavy atom. The molecule has 0 fully saturated rings. The molecule has 0 spiro atoms. The van der Waals surface area contributed by atoms with Crippen molar-refractivity contribution in [2.45, 2.75) is 32.4 Å². The molecule has 0 bridgehead atoms. The third-order valence-electron chi connectivity index (χ3n) is 1.39. The molecule has 0 amide bonds. The van der Waals surface area contributed by atoms with Crippen LogP contribution in [0.3, 0.4) is 0 Å². The van der Waals surface area contributed by atoms with Crippen LogP contribution in [-0.2, 0) is 15.0 Å². The zero-order valence-corrected chi connectivity index (χ0v) is 9.41. The lowest BCUT2D eigenvalue weighted by atomic mass is 10.3. The van der Waals surface area contributed by atoms with Crippen molar-refractivity contribution in [1.82, 2.24) is 9.44 Å². The van der Waals surface area contributed by atoms with E-state index in [1.165, 1.54) is 0 Å². The minimum absolute atomic E-state index is 0.129. The van der Waals surface area contributed by atoms with Crippen molar-refractivity contribution >= 4 is 16.2 Å². The molecule has 1 atom stereocenters. The van der Waals surface area contributed by atoms with Crippen molar-refractivity contribution < 1.29 is 23.4 Å². The van der Waals surface area contributed by atoms with Crippen LogP contribution >= 0.6 is 0 Å². The Kier molecular flexibility index (Phi) is 5.73. The number of hydrogen-bond acceptors (Lipinski definition) is 4. The minimum Gasteiger partial charge on any atom is -0.479 e. The van der Waals surface area contributed by atoms with Crippen LogP contribution < -0.4 is 9.44 Å². The highest BCUT2D eigenvalue weighted by Gasteiger charge is 2.15. The van der Waals surface area contributed by atoms with Crippen molar-refractivity contribution in [2.24, 2.45) is 0 Å². The zero-order valence-electron chi connectivity index (χ0n) is 8.60. The number of aliphatic carboxylic acids is 1. The first-order chi connectivity index (χ1) is 6.74. The van der Waals surface area contributed by atoms with Gasteiger partial charge in [0, 0.05) is 12.6 Å². The summed E-state index contributed by atoms with van der Waals surface area (Å²) in [7, 11) is -3.61. The predicted molar refractivity (Wildman–Crippen MR) is 53.5 cm³/mol. The van der Waals surface area contributed by atoms with Gasteiger partial charge in [-0.1, -0.05) is 0 Å². The van der Waals surface area contributed by atoms with Gasteiger partial charge < -0.3 is 10.2 Å². The van der Waals surface area contributed by atoms with E-state index < -0.39 is 22.3 Å². The van der Waals surface area contributed by atoms with Crippen LogP contribution in [0.5, 0.6) is 0 Å². The number of carbonyl (C=O) groups is 1. The summed E-state index contributed by atoms with van der Waals surface area (Å²) >= 11 is 0. The summed E-state index contributed by atoms with van der Waals surface area (Å²) in [5, 5.41) is 17.2. The third kappa shape index (κ3) is 7.25. The standard InChI is InChI=1S/C7H16N2O5S/c1-5(2)9-15(13,14)8-4-3-6(10)7(11)12/h5-6,8-10H,3-4H2,1-2H3,(H,11,12)/t6-/m0/s1. The number of carboxylic acids is 1. The molecule has 0 aliphatic rings. The fraction of sp³-hybridized carbons (Fsp3) is 0.857. The smallest absolute Gasteiger partial charge is 0.332 e. The third-order valence-corrected chi connectivity index (χ3v) is 2.75. The molecule has 0 saturated carbocycles. The number of hydrogen-bond donors (Lipinski definition) is 4. The lowest BCUT2D eigenvalue weighted by Gasteiger charge is -2.11. The highest BCUT2D eigenvalue weighted by Crippen LogP contribution is 1.91. The second kappa shape index (κ2) is 6.01. The van der Waals surface area contributed by atoms with Gasteiger partial charge in [-0.3, -0.25) is 0 Å². The van der Waals surface area contributed by atoms with Crippen molar-refractivity contribution in [2.75, 3.05) is 6.54 Å². The summed E-state index contributed by atoms with van der Waals surface area (Å²) in [5.41, 5.74) is 0. The lowest BCUT2D eigenvalue weighted by molar-refractivity contribution is -0.146. The Morgan fingerprint density at radius 2 is 1.93 bits per heavy atom. The molecule has 0 aromatic carbocycles. The molecule has 4 N–H and O–H groups in total. The summed E-state index contributed by atoms with van der Waals surface area (Å²) in [6.45, 7) is 3.19. The molecule has 0 aliphatic carbocycles. The Morgan fingerprint density at radius 3 is 2.33 bits per heavy atom. The van der Waals surface area contributed by atoms with Crippen LogP contribution in [0.4, 0.5) is 0 Å². The van der Waals surface area contributed by atoms with E-state index in [0.29, 0.717) is 0 Å². The van der Waals surface area contributed by atoms with Crippen LogP contribution in [0, 0.1) is 0 Å². The molecule has 8 heteroatoms. The average molecular weight is 240 g/mol. The van der Waals surface area contributed by atoms with Gasteiger partial charge in [-0.15, -0.1) is 0 Å². The number of aliphatic hydroxyl groups is 1. The quantitative estimate of drug-likeness (QED) is 0.439. The number of nitrogens with one attached hydrogen (secondary N) is 2. The van der Waals surface area contributed by atoms with E-state index in [9.17, 15) is 13.2 Å². The maximum Gasteiger partial charge on any atom is 0.332 e. The Labute approximate surface area is 88.7 Å². The first kappa shape index (κ1) is 14.3. The van der Waals surface area contributed by atoms with Crippen LogP contribution in [0.15, 0.2) is 0 Å². The van der Waals surface area contributed by atoms with Crippen molar-refractivity contribution in [3.63, 3.8) is 0 Å². The van der Waals surface area contributed by atoms with Gasteiger partial charge in [0.05, 0.1) is 0 Å². The summed E-state index contributed by atoms with van der Waals surface area (Å²) in [5.74, 6) is -1.37. The molecule has 0 aliphatic heterocycles. The van der Waals surface area contributed by atoms with Gasteiger partial charge in [0.15, 0.2) is 6.10 Å². The Hall–Kier alpha value is -0.700. The topological polar surface area (TPSA) is 116 Å². The molecule has 0 heterocycles. The summed E-state index contributed by atoms with van der Waals surface area (Å²) in [4.78, 5) is 10.2. The molecule has 0 rings (SSSR count). The molecule has 0 aromatic rings. The van der Waals surface area contributed by atoms with Gasteiger partial charge >= 0.3 is 5.97 Å². The molecule has 0 aromatic heterocycles. The number of aliphatic hydroxyl groups excluding tert-OH is 1. The van der Waals surface area contributed by atoms with Crippen LogP contribution in [0.2, 0.25) is 0 Å². The maximum absolute atomic E-state index is 11.1. The minimum atomic E-state index is -3.61. The fourth-order valence-electron chi connectivity index (χ4n) is 0.805. The molecule has 15 heavy (non-hydrogen) atoms. The van der Waals surface area contributed by atoms with Crippen LogP contribution in [-0.4, -0.2) is 43.3 Å². The predicted octanol–water partition coefficient (Wildman–Crippen LogP) is -1.35. The monoisotopic (exact) mass is 240 g/mol. The van der Waals surface area contributed by atoms with Gasteiger partial charge in [-0.25, -0.2) is 9.52 Å². The molecule has 0 radical (unpaired) electrons. The van der Waals surface area contributed by atoms with Crippen LogP contribution in [0.1, 0.15) is 20.3 Å². The lowest BCUT2D eigenvalue weighted by Crippen LogP contribution is -2.41. The first-order valence-electron chi connectivity index (χ1n) is 4.42. The van der Waals surface area contributed by atoms with E-state index in [4.69, 9.17) is 10.2 Å². The molecule has 90 valence electrons. The van der Waals surface area contributed by atoms with Crippen molar-refractivity contribution in [3.8, 4) is 0 Å². The summed E-state index contributed by atoms with van der Waals surface area (Å²) in [6.07, 6.45) is -1.72. The van der Waals surface area contributed by atoms with Gasteiger partial charge in [0.25, 0.3) is 10.2 Å². The highest BCUT2D eigenvalue weighted by molar-refractivity contribution is 7.87. The Bertz CT molecular complexity index is 301. The van der Waals surface area contributed by atoms with Crippen LogP contribution in [0.25, 0.3) is 0 Å². The second-order valence-corrected chi connectivity index (χ2v) is 4.84.